The van der Waals surface area contributed by atoms with Crippen molar-refractivity contribution >= 4 is 16.3 Å². The second-order valence-electron chi connectivity index (χ2n) is 3.83. The van der Waals surface area contributed by atoms with Crippen molar-refractivity contribution in [3.05, 3.63) is 51.0 Å². The molecule has 0 aromatic carbocycles. The SMILES string of the molecule is COc1ncccc1CNCc1csc([N+](=O)[O-])c1. The molecule has 0 bridgehead atoms. The summed E-state index contributed by atoms with van der Waals surface area (Å²) in [5.41, 5.74) is 1.86. The van der Waals surface area contributed by atoms with Crippen molar-refractivity contribution < 1.29 is 9.66 Å². The third-order valence-electron chi connectivity index (χ3n) is 2.51. The summed E-state index contributed by atoms with van der Waals surface area (Å²) >= 11 is 1.14. The van der Waals surface area contributed by atoms with Crippen molar-refractivity contribution in [1.82, 2.24) is 10.3 Å². The normalized spacial score (nSPS) is 10.4. The van der Waals surface area contributed by atoms with Crippen LogP contribution in [0.1, 0.15) is 11.1 Å². The summed E-state index contributed by atoms with van der Waals surface area (Å²) in [7, 11) is 1.58. The number of nitrogens with one attached hydrogen (secondary N) is 1. The molecule has 0 aliphatic rings. The quantitative estimate of drug-likeness (QED) is 0.648. The number of thiophene rings is 1. The molecule has 1 N–H and O–H groups in total. The number of hydrogen-bond acceptors (Lipinski definition) is 6. The van der Waals surface area contributed by atoms with E-state index in [1.165, 1.54) is 0 Å². The Kier molecular flexibility index (Phi) is 4.43. The second kappa shape index (κ2) is 6.26. The van der Waals surface area contributed by atoms with E-state index in [0.717, 1.165) is 22.5 Å². The van der Waals surface area contributed by atoms with E-state index in [4.69, 9.17) is 4.74 Å². The van der Waals surface area contributed by atoms with E-state index in [1.54, 1.807) is 24.8 Å². The van der Waals surface area contributed by atoms with Crippen molar-refractivity contribution in [2.75, 3.05) is 7.11 Å². The standard InChI is InChI=1S/C12H13N3O3S/c1-18-12-10(3-2-4-14-12)7-13-6-9-5-11(15(16)17)19-8-9/h2-5,8,13H,6-7H2,1H3. The molecule has 2 heterocycles. The van der Waals surface area contributed by atoms with E-state index in [-0.39, 0.29) is 9.92 Å². The van der Waals surface area contributed by atoms with Crippen molar-refractivity contribution in [2.45, 2.75) is 13.1 Å². The van der Waals surface area contributed by atoms with Gasteiger partial charge in [0.05, 0.1) is 12.0 Å². The molecule has 0 radical (unpaired) electrons. The molecule has 0 aliphatic heterocycles. The Labute approximate surface area is 114 Å². The monoisotopic (exact) mass is 279 g/mol. The van der Waals surface area contributed by atoms with Gasteiger partial charge in [-0.05, 0) is 11.6 Å². The van der Waals surface area contributed by atoms with E-state index in [2.05, 4.69) is 10.3 Å². The van der Waals surface area contributed by atoms with Crippen LogP contribution in [0.3, 0.4) is 0 Å². The van der Waals surface area contributed by atoms with E-state index >= 15 is 0 Å². The van der Waals surface area contributed by atoms with Crippen LogP contribution in [-0.2, 0) is 13.1 Å². The Bertz CT molecular complexity index is 571. The van der Waals surface area contributed by atoms with Crippen LogP contribution in [0.25, 0.3) is 0 Å². The van der Waals surface area contributed by atoms with Crippen molar-refractivity contribution in [2.24, 2.45) is 0 Å². The molecule has 2 rings (SSSR count). The summed E-state index contributed by atoms with van der Waals surface area (Å²) in [6, 6.07) is 5.35. The van der Waals surface area contributed by atoms with Crippen molar-refractivity contribution in [3.8, 4) is 5.88 Å². The number of pyridine rings is 1. The summed E-state index contributed by atoms with van der Waals surface area (Å²) in [5.74, 6) is 0.589. The fourth-order valence-electron chi connectivity index (χ4n) is 1.64. The highest BCUT2D eigenvalue weighted by Crippen LogP contribution is 2.22. The molecule has 2 aromatic rings. The first-order valence-electron chi connectivity index (χ1n) is 5.61. The number of methoxy groups -OCH3 is 1. The van der Waals surface area contributed by atoms with Crippen LogP contribution in [0.2, 0.25) is 0 Å². The number of hydrogen-bond donors (Lipinski definition) is 1. The van der Waals surface area contributed by atoms with Gasteiger partial charge in [-0.3, -0.25) is 10.1 Å². The minimum Gasteiger partial charge on any atom is -0.481 e. The van der Waals surface area contributed by atoms with E-state index < -0.39 is 0 Å². The summed E-state index contributed by atoms with van der Waals surface area (Å²) in [6.07, 6.45) is 1.67. The van der Waals surface area contributed by atoms with Gasteiger partial charge in [0.15, 0.2) is 0 Å². The van der Waals surface area contributed by atoms with Crippen LogP contribution in [0.5, 0.6) is 5.88 Å². The zero-order valence-corrected chi connectivity index (χ0v) is 11.1. The van der Waals surface area contributed by atoms with Gasteiger partial charge in [-0.25, -0.2) is 4.98 Å². The average molecular weight is 279 g/mol. The molecule has 0 fully saturated rings. The van der Waals surface area contributed by atoms with Crippen LogP contribution in [0.4, 0.5) is 5.00 Å². The van der Waals surface area contributed by atoms with Gasteiger partial charge in [-0.1, -0.05) is 17.4 Å². The minimum atomic E-state index is -0.377. The summed E-state index contributed by atoms with van der Waals surface area (Å²) in [6.45, 7) is 1.17. The predicted octanol–water partition coefficient (Wildman–Crippen LogP) is 2.35. The Hall–Kier alpha value is -1.99. The Morgan fingerprint density at radius 3 is 3.05 bits per heavy atom. The number of rotatable bonds is 6. The molecule has 7 heteroatoms. The first-order valence-corrected chi connectivity index (χ1v) is 6.49. The smallest absolute Gasteiger partial charge is 0.324 e. The average Bonchev–Trinajstić information content (AvgIpc) is 2.88. The molecule has 0 unspecified atom stereocenters. The number of nitrogens with zero attached hydrogens (tertiary/aromatic N) is 2. The van der Waals surface area contributed by atoms with Crippen LogP contribution in [-0.4, -0.2) is 17.0 Å². The lowest BCUT2D eigenvalue weighted by Gasteiger charge is -2.07. The number of aromatic nitrogens is 1. The third kappa shape index (κ3) is 3.49. The highest BCUT2D eigenvalue weighted by molar-refractivity contribution is 7.13. The molecule has 0 aliphatic carbocycles. The third-order valence-corrected chi connectivity index (χ3v) is 3.44. The molecular weight excluding hydrogens is 266 g/mol. The largest absolute Gasteiger partial charge is 0.481 e. The van der Waals surface area contributed by atoms with Gasteiger partial charge in [0.1, 0.15) is 0 Å². The molecule has 0 saturated carbocycles. The van der Waals surface area contributed by atoms with Gasteiger partial charge in [-0.2, -0.15) is 0 Å². The molecular formula is C12H13N3O3S. The van der Waals surface area contributed by atoms with Crippen LogP contribution in [0.15, 0.2) is 29.8 Å². The highest BCUT2D eigenvalue weighted by Gasteiger charge is 2.09. The molecule has 6 nitrogen and oxygen atoms in total. The van der Waals surface area contributed by atoms with Crippen LogP contribution >= 0.6 is 11.3 Å². The molecule has 2 aromatic heterocycles. The molecule has 100 valence electrons. The maximum absolute atomic E-state index is 10.6. The summed E-state index contributed by atoms with van der Waals surface area (Å²) < 4.78 is 5.15. The summed E-state index contributed by atoms with van der Waals surface area (Å²) in [4.78, 5) is 14.3. The van der Waals surface area contributed by atoms with Gasteiger partial charge in [0.2, 0.25) is 5.88 Å². The zero-order chi connectivity index (χ0) is 13.7. The van der Waals surface area contributed by atoms with E-state index in [9.17, 15) is 10.1 Å². The number of nitro groups is 1. The fraction of sp³-hybridized carbons (Fsp3) is 0.250. The van der Waals surface area contributed by atoms with Crippen molar-refractivity contribution in [1.29, 1.82) is 0 Å². The number of ether oxygens (including phenoxy) is 1. The van der Waals surface area contributed by atoms with Crippen LogP contribution in [0, 0.1) is 10.1 Å². The lowest BCUT2D eigenvalue weighted by molar-refractivity contribution is -0.380. The van der Waals surface area contributed by atoms with Gasteiger partial charge < -0.3 is 10.1 Å². The lowest BCUT2D eigenvalue weighted by atomic mass is 10.2. The molecule has 0 spiro atoms. The fourth-order valence-corrected chi connectivity index (χ4v) is 2.36. The second-order valence-corrected chi connectivity index (χ2v) is 4.72. The van der Waals surface area contributed by atoms with Gasteiger partial charge in [0.25, 0.3) is 0 Å². The maximum Gasteiger partial charge on any atom is 0.324 e. The first-order chi connectivity index (χ1) is 9.20. The first kappa shape index (κ1) is 13.4. The summed E-state index contributed by atoms with van der Waals surface area (Å²) in [5, 5.41) is 15.7. The zero-order valence-electron chi connectivity index (χ0n) is 10.3. The minimum absolute atomic E-state index is 0.163. The predicted molar refractivity (Wildman–Crippen MR) is 72.3 cm³/mol. The van der Waals surface area contributed by atoms with Gasteiger partial charge >= 0.3 is 5.00 Å². The van der Waals surface area contributed by atoms with Gasteiger partial charge in [-0.15, -0.1) is 0 Å². The van der Waals surface area contributed by atoms with Crippen LogP contribution < -0.4 is 10.1 Å². The Balaban J connectivity index is 1.90. The lowest BCUT2D eigenvalue weighted by Crippen LogP contribution is -2.13. The van der Waals surface area contributed by atoms with Crippen molar-refractivity contribution in [3.63, 3.8) is 0 Å². The molecule has 0 amide bonds. The molecule has 0 saturated heterocycles. The maximum atomic E-state index is 10.6. The molecule has 0 atom stereocenters. The van der Waals surface area contributed by atoms with E-state index in [1.807, 2.05) is 12.1 Å². The molecule has 19 heavy (non-hydrogen) atoms. The van der Waals surface area contributed by atoms with Gasteiger partial charge in [0, 0.05) is 36.3 Å². The Morgan fingerprint density at radius 2 is 2.37 bits per heavy atom. The topological polar surface area (TPSA) is 77.3 Å². The Morgan fingerprint density at radius 1 is 1.53 bits per heavy atom. The highest BCUT2D eigenvalue weighted by atomic mass is 32.1. The van der Waals surface area contributed by atoms with E-state index in [0.29, 0.717) is 19.0 Å².